The van der Waals surface area contributed by atoms with E-state index in [-0.39, 0.29) is 21.5 Å². The minimum Gasteiger partial charge on any atom is -0.481 e. The summed E-state index contributed by atoms with van der Waals surface area (Å²) in [5.41, 5.74) is -0.150. The van der Waals surface area contributed by atoms with Crippen molar-refractivity contribution in [2.75, 3.05) is 7.11 Å². The summed E-state index contributed by atoms with van der Waals surface area (Å²) < 4.78 is 32.1. The molecule has 2 aliphatic heterocycles. The molecule has 2 saturated heterocycles. The number of carboxylic acid groups (broad SMARTS) is 1. The minimum atomic E-state index is -4.03. The van der Waals surface area contributed by atoms with Gasteiger partial charge in [-0.2, -0.15) is 4.31 Å². The molecule has 0 radical (unpaired) electrons. The Morgan fingerprint density at radius 2 is 2.04 bits per heavy atom. The number of aliphatic carboxylic acids is 1. The Morgan fingerprint density at radius 1 is 1.33 bits per heavy atom. The molecular weight excluding hydrogens is 358 g/mol. The van der Waals surface area contributed by atoms with E-state index in [9.17, 15) is 23.1 Å². The zero-order valence-electron chi connectivity index (χ0n) is 12.8. The monoisotopic (exact) mass is 373 g/mol. The Labute approximate surface area is 144 Å². The van der Waals surface area contributed by atoms with E-state index in [1.165, 1.54) is 22.5 Å². The number of carbonyl (C=O) groups is 2. The van der Waals surface area contributed by atoms with Gasteiger partial charge in [0.05, 0.1) is 23.5 Å². The number of carboxylic acids is 1. The van der Waals surface area contributed by atoms with Crippen molar-refractivity contribution in [3.63, 3.8) is 0 Å². The van der Waals surface area contributed by atoms with Crippen LogP contribution >= 0.6 is 11.6 Å². The first kappa shape index (κ1) is 17.2. The number of nitrogens with zero attached hydrogens (tertiary/aromatic N) is 1. The predicted octanol–water partition coefficient (Wildman–Crippen LogP) is 1.75. The lowest BCUT2D eigenvalue weighted by Gasteiger charge is -2.23. The lowest BCUT2D eigenvalue weighted by Crippen LogP contribution is -2.38. The van der Waals surface area contributed by atoms with E-state index < -0.39 is 33.9 Å². The largest absolute Gasteiger partial charge is 0.481 e. The molecule has 1 aromatic rings. The van der Waals surface area contributed by atoms with Crippen LogP contribution in [0.5, 0.6) is 0 Å². The molecule has 3 rings (SSSR count). The third kappa shape index (κ3) is 2.58. The summed E-state index contributed by atoms with van der Waals surface area (Å²) in [4.78, 5) is 23.1. The van der Waals surface area contributed by atoms with Gasteiger partial charge in [0, 0.05) is 17.1 Å². The van der Waals surface area contributed by atoms with Crippen molar-refractivity contribution < 1.29 is 27.9 Å². The Balaban J connectivity index is 2.07. The highest BCUT2D eigenvalue weighted by Crippen LogP contribution is 2.45. The van der Waals surface area contributed by atoms with Gasteiger partial charge in [-0.15, -0.1) is 0 Å². The summed E-state index contributed by atoms with van der Waals surface area (Å²) >= 11 is 5.87. The molecule has 2 aliphatic rings. The third-order valence-corrected chi connectivity index (χ3v) is 6.96. The molecule has 0 aromatic heterocycles. The van der Waals surface area contributed by atoms with Crippen molar-refractivity contribution in [1.29, 1.82) is 0 Å². The quantitative estimate of drug-likeness (QED) is 0.807. The Morgan fingerprint density at radius 3 is 2.62 bits per heavy atom. The van der Waals surface area contributed by atoms with Crippen LogP contribution in [-0.2, 0) is 19.6 Å². The van der Waals surface area contributed by atoms with Gasteiger partial charge in [0.2, 0.25) is 10.0 Å². The molecule has 0 amide bonds. The highest BCUT2D eigenvalue weighted by molar-refractivity contribution is 7.89. The number of methoxy groups -OCH3 is 1. The first-order valence-corrected chi connectivity index (χ1v) is 9.23. The minimum absolute atomic E-state index is 0.150. The highest BCUT2D eigenvalue weighted by Gasteiger charge is 2.54. The average molecular weight is 374 g/mol. The number of fused-ring (bicyclic) bond motifs is 2. The molecule has 2 fully saturated rings. The Bertz CT molecular complexity index is 808. The molecule has 1 N–H and O–H groups in total. The average Bonchev–Trinajstić information content (AvgIpc) is 3.12. The molecule has 3 unspecified atom stereocenters. The van der Waals surface area contributed by atoms with Gasteiger partial charge in [0.1, 0.15) is 0 Å². The van der Waals surface area contributed by atoms with E-state index in [0.717, 1.165) is 7.11 Å². The maximum Gasteiger partial charge on any atom is 0.339 e. The number of halogens is 1. The fourth-order valence-electron chi connectivity index (χ4n) is 3.69. The van der Waals surface area contributed by atoms with Crippen LogP contribution in [0, 0.1) is 5.92 Å². The molecule has 130 valence electrons. The van der Waals surface area contributed by atoms with Crippen LogP contribution in [0.2, 0.25) is 5.02 Å². The van der Waals surface area contributed by atoms with Crippen LogP contribution in [0.1, 0.15) is 29.6 Å². The van der Waals surface area contributed by atoms with Crippen LogP contribution in [-0.4, -0.2) is 49.0 Å². The molecule has 0 saturated carbocycles. The van der Waals surface area contributed by atoms with E-state index in [2.05, 4.69) is 4.74 Å². The molecule has 0 spiro atoms. The van der Waals surface area contributed by atoms with Crippen LogP contribution in [0.15, 0.2) is 23.1 Å². The molecule has 7 nitrogen and oxygen atoms in total. The molecule has 3 atom stereocenters. The standard InChI is InChI=1S/C15H16ClNO6S/c1-23-15(20)11-6-8(16)2-5-13(11)24(21,22)17-9-3-4-12(17)10(7-9)14(18)19/h2,5-6,9-10,12H,3-4,7H2,1H3,(H,18,19). The van der Waals surface area contributed by atoms with Gasteiger partial charge in [-0.3, -0.25) is 4.79 Å². The maximum atomic E-state index is 13.1. The van der Waals surface area contributed by atoms with Gasteiger partial charge < -0.3 is 9.84 Å². The fourth-order valence-corrected chi connectivity index (χ4v) is 5.94. The summed E-state index contributed by atoms with van der Waals surface area (Å²) in [7, 11) is -2.88. The van der Waals surface area contributed by atoms with Crippen molar-refractivity contribution in [3.8, 4) is 0 Å². The molecule has 2 bridgehead atoms. The predicted molar refractivity (Wildman–Crippen MR) is 84.4 cm³/mol. The normalized spacial score (nSPS) is 26.5. The van der Waals surface area contributed by atoms with Crippen molar-refractivity contribution in [1.82, 2.24) is 4.31 Å². The van der Waals surface area contributed by atoms with E-state index >= 15 is 0 Å². The summed E-state index contributed by atoms with van der Waals surface area (Å²) in [5, 5.41) is 9.50. The number of hydrogen-bond donors (Lipinski definition) is 1. The van der Waals surface area contributed by atoms with Crippen molar-refractivity contribution in [2.45, 2.75) is 36.2 Å². The van der Waals surface area contributed by atoms with Gasteiger partial charge in [0.15, 0.2) is 0 Å². The number of hydrogen-bond acceptors (Lipinski definition) is 5. The van der Waals surface area contributed by atoms with Gasteiger partial charge in [0.25, 0.3) is 0 Å². The van der Waals surface area contributed by atoms with Crippen LogP contribution < -0.4 is 0 Å². The van der Waals surface area contributed by atoms with E-state index in [1.54, 1.807) is 0 Å². The molecule has 2 heterocycles. The first-order valence-electron chi connectivity index (χ1n) is 7.41. The van der Waals surface area contributed by atoms with Gasteiger partial charge in [-0.1, -0.05) is 11.6 Å². The van der Waals surface area contributed by atoms with Gasteiger partial charge >= 0.3 is 11.9 Å². The second-order valence-electron chi connectivity index (χ2n) is 5.95. The van der Waals surface area contributed by atoms with E-state index in [4.69, 9.17) is 11.6 Å². The van der Waals surface area contributed by atoms with Crippen LogP contribution in [0.3, 0.4) is 0 Å². The summed E-state index contributed by atoms with van der Waals surface area (Å²) in [6, 6.07) is 2.94. The SMILES string of the molecule is COC(=O)c1cc(Cl)ccc1S(=O)(=O)N1C2CCC1C(C(=O)O)C2. The molecule has 9 heteroatoms. The zero-order valence-corrected chi connectivity index (χ0v) is 14.4. The smallest absolute Gasteiger partial charge is 0.339 e. The number of rotatable bonds is 4. The van der Waals surface area contributed by atoms with Gasteiger partial charge in [-0.25, -0.2) is 13.2 Å². The maximum absolute atomic E-state index is 13.1. The topological polar surface area (TPSA) is 101 Å². The number of ether oxygens (including phenoxy) is 1. The Kier molecular flexibility index (Phi) is 4.31. The van der Waals surface area contributed by atoms with E-state index in [0.29, 0.717) is 19.3 Å². The van der Waals surface area contributed by atoms with Gasteiger partial charge in [-0.05, 0) is 37.5 Å². The number of sulfonamides is 1. The summed E-state index contributed by atoms with van der Waals surface area (Å²) in [5.74, 6) is -2.52. The zero-order chi connectivity index (χ0) is 17.6. The van der Waals surface area contributed by atoms with Crippen molar-refractivity contribution in [2.24, 2.45) is 5.92 Å². The lowest BCUT2D eigenvalue weighted by molar-refractivity contribution is -0.142. The number of carbonyl (C=O) groups excluding carboxylic acids is 1. The van der Waals surface area contributed by atoms with Crippen LogP contribution in [0.4, 0.5) is 0 Å². The molecule has 1 aromatic carbocycles. The first-order chi connectivity index (χ1) is 11.3. The third-order valence-electron chi connectivity index (χ3n) is 4.69. The van der Waals surface area contributed by atoms with E-state index in [1.807, 2.05) is 0 Å². The second kappa shape index (κ2) is 6.02. The molecule has 24 heavy (non-hydrogen) atoms. The van der Waals surface area contributed by atoms with Crippen molar-refractivity contribution in [3.05, 3.63) is 28.8 Å². The van der Waals surface area contributed by atoms with Crippen molar-refractivity contribution >= 4 is 33.6 Å². The summed E-state index contributed by atoms with van der Waals surface area (Å²) in [6.07, 6.45) is 1.41. The number of benzene rings is 1. The molecular formula is C15H16ClNO6S. The van der Waals surface area contributed by atoms with Crippen LogP contribution in [0.25, 0.3) is 0 Å². The molecule has 0 aliphatic carbocycles. The lowest BCUT2D eigenvalue weighted by atomic mass is 9.89. The number of esters is 1. The highest BCUT2D eigenvalue weighted by atomic mass is 35.5. The summed E-state index contributed by atoms with van der Waals surface area (Å²) in [6.45, 7) is 0. The fraction of sp³-hybridized carbons (Fsp3) is 0.467. The second-order valence-corrected chi connectivity index (χ2v) is 8.19. The Hall–Kier alpha value is -1.64.